The number of allylic oxidation sites excluding steroid dienone is 1. The van der Waals surface area contributed by atoms with Crippen molar-refractivity contribution in [3.63, 3.8) is 0 Å². The number of anilines is 1. The first-order valence-corrected chi connectivity index (χ1v) is 7.29. The summed E-state index contributed by atoms with van der Waals surface area (Å²) in [5.41, 5.74) is 1.27. The molecule has 102 valence electrons. The Labute approximate surface area is 135 Å². The average Bonchev–Trinajstić information content (AvgIpc) is 2.43. The quantitative estimate of drug-likeness (QED) is 0.563. The molecule has 0 bridgehead atoms. The molecule has 1 N–H and O–H groups in total. The minimum Gasteiger partial charge on any atom is -0.360 e. The second-order valence-electron chi connectivity index (χ2n) is 3.97. The highest BCUT2D eigenvalue weighted by Crippen LogP contribution is 2.25. The molecule has 0 aliphatic carbocycles. The molecule has 0 radical (unpaired) electrons. The van der Waals surface area contributed by atoms with Crippen molar-refractivity contribution in [3.8, 4) is 0 Å². The molecule has 0 aliphatic rings. The van der Waals surface area contributed by atoms with Crippen LogP contribution in [0.15, 0.2) is 59.2 Å². The molecule has 2 rings (SSSR count). The van der Waals surface area contributed by atoms with Crippen molar-refractivity contribution in [3.05, 3.63) is 74.8 Å². The van der Waals surface area contributed by atoms with E-state index >= 15 is 0 Å². The van der Waals surface area contributed by atoms with Gasteiger partial charge in [-0.3, -0.25) is 4.79 Å². The Balaban J connectivity index is 2.04. The van der Waals surface area contributed by atoms with Crippen LogP contribution in [-0.2, 0) is 0 Å². The number of halogens is 3. The number of rotatable bonds is 4. The fourth-order valence-corrected chi connectivity index (χ4v) is 2.13. The summed E-state index contributed by atoms with van der Waals surface area (Å²) in [5.74, 6) is -0.0943. The van der Waals surface area contributed by atoms with Crippen LogP contribution >= 0.6 is 39.1 Å². The zero-order valence-electron chi connectivity index (χ0n) is 10.2. The van der Waals surface area contributed by atoms with Gasteiger partial charge in [0.15, 0.2) is 5.78 Å². The number of nitrogens with one attached hydrogen (secondary N) is 1. The van der Waals surface area contributed by atoms with Gasteiger partial charge in [-0.05, 0) is 42.5 Å². The molecule has 2 aromatic carbocycles. The Kier molecular flexibility index (Phi) is 5.24. The zero-order chi connectivity index (χ0) is 14.5. The standard InChI is InChI=1S/C15H10BrCl2NO/c16-11-3-1-10(2-4-11)15(20)7-8-19-14-9-12(17)5-6-13(14)18/h1-9,19H. The number of hydrogen-bond acceptors (Lipinski definition) is 2. The van der Waals surface area contributed by atoms with E-state index in [-0.39, 0.29) is 5.78 Å². The Morgan fingerprint density at radius 1 is 1.10 bits per heavy atom. The van der Waals surface area contributed by atoms with Crippen LogP contribution in [0.3, 0.4) is 0 Å². The summed E-state index contributed by atoms with van der Waals surface area (Å²) < 4.78 is 0.932. The summed E-state index contributed by atoms with van der Waals surface area (Å²) in [6, 6.07) is 12.2. The van der Waals surface area contributed by atoms with Gasteiger partial charge in [0, 0.05) is 27.3 Å². The summed E-state index contributed by atoms with van der Waals surface area (Å²) in [5, 5.41) is 4.05. The summed E-state index contributed by atoms with van der Waals surface area (Å²) in [6.45, 7) is 0. The van der Waals surface area contributed by atoms with Gasteiger partial charge in [0.2, 0.25) is 0 Å². The van der Waals surface area contributed by atoms with Crippen LogP contribution in [0.25, 0.3) is 0 Å². The molecule has 0 aliphatic heterocycles. The summed E-state index contributed by atoms with van der Waals surface area (Å²) in [4.78, 5) is 11.9. The van der Waals surface area contributed by atoms with Crippen LogP contribution in [0.2, 0.25) is 10.0 Å². The monoisotopic (exact) mass is 369 g/mol. The highest BCUT2D eigenvalue weighted by Gasteiger charge is 2.02. The Morgan fingerprint density at radius 2 is 1.80 bits per heavy atom. The van der Waals surface area contributed by atoms with Crippen molar-refractivity contribution in [2.24, 2.45) is 0 Å². The molecule has 0 saturated heterocycles. The summed E-state index contributed by atoms with van der Waals surface area (Å²) >= 11 is 15.2. The maximum absolute atomic E-state index is 11.9. The van der Waals surface area contributed by atoms with Crippen LogP contribution in [-0.4, -0.2) is 5.78 Å². The zero-order valence-corrected chi connectivity index (χ0v) is 13.3. The van der Waals surface area contributed by atoms with E-state index in [1.54, 1.807) is 36.5 Å². The predicted molar refractivity (Wildman–Crippen MR) is 87.7 cm³/mol. The van der Waals surface area contributed by atoms with Crippen LogP contribution in [0.1, 0.15) is 10.4 Å². The molecule has 5 heteroatoms. The third-order valence-corrected chi connectivity index (χ3v) is 3.62. The summed E-state index contributed by atoms with van der Waals surface area (Å²) in [6.07, 6.45) is 2.99. The van der Waals surface area contributed by atoms with Gasteiger partial charge in [-0.15, -0.1) is 0 Å². The second kappa shape index (κ2) is 6.93. The van der Waals surface area contributed by atoms with Gasteiger partial charge in [-0.2, -0.15) is 0 Å². The first-order valence-electron chi connectivity index (χ1n) is 5.74. The molecule has 0 atom stereocenters. The lowest BCUT2D eigenvalue weighted by molar-refractivity contribution is 0.104. The van der Waals surface area contributed by atoms with Crippen molar-refractivity contribution in [2.75, 3.05) is 5.32 Å². The average molecular weight is 371 g/mol. The molecule has 0 saturated carbocycles. The fraction of sp³-hybridized carbons (Fsp3) is 0. The van der Waals surface area contributed by atoms with Crippen LogP contribution in [0, 0.1) is 0 Å². The minimum absolute atomic E-state index is 0.0943. The molecule has 0 fully saturated rings. The lowest BCUT2D eigenvalue weighted by atomic mass is 10.1. The van der Waals surface area contributed by atoms with Gasteiger partial charge in [0.25, 0.3) is 0 Å². The molecular formula is C15H10BrCl2NO. The lowest BCUT2D eigenvalue weighted by Gasteiger charge is -2.04. The molecule has 2 aromatic rings. The van der Waals surface area contributed by atoms with Gasteiger partial charge < -0.3 is 5.32 Å². The highest BCUT2D eigenvalue weighted by molar-refractivity contribution is 9.10. The number of benzene rings is 2. The largest absolute Gasteiger partial charge is 0.360 e. The highest BCUT2D eigenvalue weighted by atomic mass is 79.9. The van der Waals surface area contributed by atoms with E-state index in [9.17, 15) is 4.79 Å². The smallest absolute Gasteiger partial charge is 0.187 e. The van der Waals surface area contributed by atoms with E-state index in [1.165, 1.54) is 6.08 Å². The fourth-order valence-electron chi connectivity index (χ4n) is 1.53. The van der Waals surface area contributed by atoms with Crippen molar-refractivity contribution in [2.45, 2.75) is 0 Å². The van der Waals surface area contributed by atoms with E-state index in [0.29, 0.717) is 21.3 Å². The minimum atomic E-state index is -0.0943. The molecule has 2 nitrogen and oxygen atoms in total. The van der Waals surface area contributed by atoms with Gasteiger partial charge in [0.05, 0.1) is 10.7 Å². The Bertz CT molecular complexity index is 653. The topological polar surface area (TPSA) is 29.1 Å². The first kappa shape index (κ1) is 15.1. The van der Waals surface area contributed by atoms with E-state index in [2.05, 4.69) is 21.2 Å². The maximum atomic E-state index is 11.9. The van der Waals surface area contributed by atoms with E-state index < -0.39 is 0 Å². The van der Waals surface area contributed by atoms with Crippen molar-refractivity contribution in [1.29, 1.82) is 0 Å². The van der Waals surface area contributed by atoms with Gasteiger partial charge in [-0.25, -0.2) is 0 Å². The number of carbonyl (C=O) groups excluding carboxylic acids is 1. The van der Waals surface area contributed by atoms with Crippen molar-refractivity contribution in [1.82, 2.24) is 0 Å². The van der Waals surface area contributed by atoms with E-state index in [0.717, 1.165) is 4.47 Å². The van der Waals surface area contributed by atoms with Gasteiger partial charge in [0.1, 0.15) is 0 Å². The molecular weight excluding hydrogens is 361 g/mol. The van der Waals surface area contributed by atoms with Gasteiger partial charge in [-0.1, -0.05) is 39.1 Å². The van der Waals surface area contributed by atoms with Crippen LogP contribution < -0.4 is 5.32 Å². The van der Waals surface area contributed by atoms with E-state index in [4.69, 9.17) is 23.2 Å². The molecule has 0 aromatic heterocycles. The molecule has 0 unspecified atom stereocenters. The number of carbonyl (C=O) groups is 1. The molecule has 0 spiro atoms. The third kappa shape index (κ3) is 4.10. The first-order chi connectivity index (χ1) is 9.56. The number of ketones is 1. The molecule has 0 amide bonds. The lowest BCUT2D eigenvalue weighted by Crippen LogP contribution is -1.96. The normalized spacial score (nSPS) is 10.8. The third-order valence-electron chi connectivity index (χ3n) is 2.53. The van der Waals surface area contributed by atoms with Crippen molar-refractivity contribution < 1.29 is 4.79 Å². The maximum Gasteiger partial charge on any atom is 0.187 e. The number of hydrogen-bond donors (Lipinski definition) is 1. The summed E-state index contributed by atoms with van der Waals surface area (Å²) in [7, 11) is 0. The van der Waals surface area contributed by atoms with Gasteiger partial charge >= 0.3 is 0 Å². The molecule has 0 heterocycles. The SMILES string of the molecule is O=C(C=CNc1cc(Cl)ccc1Cl)c1ccc(Br)cc1. The van der Waals surface area contributed by atoms with Crippen molar-refractivity contribution >= 4 is 50.6 Å². The van der Waals surface area contributed by atoms with Crippen LogP contribution in [0.4, 0.5) is 5.69 Å². The van der Waals surface area contributed by atoms with Crippen LogP contribution in [0.5, 0.6) is 0 Å². The Hall–Kier alpha value is -1.29. The molecule has 20 heavy (non-hydrogen) atoms. The Morgan fingerprint density at radius 3 is 2.50 bits per heavy atom. The second-order valence-corrected chi connectivity index (χ2v) is 5.73. The predicted octanol–water partition coefficient (Wildman–Crippen LogP) is 5.56. The van der Waals surface area contributed by atoms with E-state index in [1.807, 2.05) is 12.1 Å².